The lowest BCUT2D eigenvalue weighted by atomic mass is 10.2. The lowest BCUT2D eigenvalue weighted by Crippen LogP contribution is -2.02. The summed E-state index contributed by atoms with van der Waals surface area (Å²) >= 11 is 6.36. The van der Waals surface area contributed by atoms with Crippen LogP contribution in [0.2, 0.25) is 5.02 Å². The van der Waals surface area contributed by atoms with Crippen molar-refractivity contribution in [3.05, 3.63) is 47.0 Å². The highest BCUT2D eigenvalue weighted by Gasteiger charge is 2.20. The standard InChI is InChI=1S/C18H14ClN5O2/c1-3-11-15(19)14-16(9(2)25)23-18(24-17(14)22-11)26-10-4-5-12-13(8-10)21-7-6-20-12/h4-8H,3H2,1-2H3,(H,22,23,24). The molecular weight excluding hydrogens is 354 g/mol. The monoisotopic (exact) mass is 367 g/mol. The SMILES string of the molecule is CCc1[nH]c2nc(Oc3ccc4nccnc4c3)nc(C(C)=O)c2c1Cl. The number of carbonyl (C=O) groups excluding carboxylic acids is 1. The lowest BCUT2D eigenvalue weighted by Gasteiger charge is -2.06. The van der Waals surface area contributed by atoms with E-state index in [9.17, 15) is 4.79 Å². The molecule has 0 fully saturated rings. The van der Waals surface area contributed by atoms with Crippen LogP contribution in [-0.4, -0.2) is 30.7 Å². The molecule has 130 valence electrons. The highest BCUT2D eigenvalue weighted by Crippen LogP contribution is 2.31. The number of Topliss-reactive ketones (excluding diaryl/α,β-unsaturated/α-hetero) is 1. The van der Waals surface area contributed by atoms with Crippen LogP contribution >= 0.6 is 11.6 Å². The molecule has 1 aromatic carbocycles. The first-order chi connectivity index (χ1) is 12.6. The molecule has 0 aliphatic rings. The van der Waals surface area contributed by atoms with E-state index in [1.807, 2.05) is 6.92 Å². The Balaban J connectivity index is 1.81. The number of benzene rings is 1. The Labute approximate surface area is 153 Å². The molecule has 8 heteroatoms. The zero-order valence-corrected chi connectivity index (χ0v) is 14.8. The van der Waals surface area contributed by atoms with E-state index in [-0.39, 0.29) is 17.5 Å². The maximum Gasteiger partial charge on any atom is 0.324 e. The van der Waals surface area contributed by atoms with Crippen LogP contribution in [0.25, 0.3) is 22.1 Å². The number of ether oxygens (including phenoxy) is 1. The van der Waals surface area contributed by atoms with Crippen LogP contribution in [0.15, 0.2) is 30.6 Å². The van der Waals surface area contributed by atoms with Gasteiger partial charge in [0.2, 0.25) is 0 Å². The first kappa shape index (κ1) is 16.4. The van der Waals surface area contributed by atoms with Crippen LogP contribution in [0.1, 0.15) is 30.0 Å². The lowest BCUT2D eigenvalue weighted by molar-refractivity contribution is 0.101. The number of halogens is 1. The fourth-order valence-electron chi connectivity index (χ4n) is 2.74. The first-order valence-electron chi connectivity index (χ1n) is 8.04. The van der Waals surface area contributed by atoms with Crippen LogP contribution in [0, 0.1) is 0 Å². The number of rotatable bonds is 4. The van der Waals surface area contributed by atoms with E-state index in [4.69, 9.17) is 16.3 Å². The summed E-state index contributed by atoms with van der Waals surface area (Å²) in [6.45, 7) is 3.40. The van der Waals surface area contributed by atoms with Crippen LogP contribution in [0.4, 0.5) is 0 Å². The molecule has 0 saturated heterocycles. The summed E-state index contributed by atoms with van der Waals surface area (Å²) in [5.74, 6) is 0.287. The predicted molar refractivity (Wildman–Crippen MR) is 97.9 cm³/mol. The third-order valence-electron chi connectivity index (χ3n) is 3.98. The molecule has 0 aliphatic carbocycles. The molecule has 3 heterocycles. The number of nitrogens with zero attached hydrogens (tertiary/aromatic N) is 4. The number of carbonyl (C=O) groups is 1. The van der Waals surface area contributed by atoms with Crippen LogP contribution in [-0.2, 0) is 6.42 Å². The molecule has 0 saturated carbocycles. The van der Waals surface area contributed by atoms with Crippen molar-refractivity contribution in [3.8, 4) is 11.8 Å². The van der Waals surface area contributed by atoms with E-state index in [0.29, 0.717) is 33.7 Å². The normalized spacial score (nSPS) is 11.2. The number of hydrogen-bond donors (Lipinski definition) is 1. The van der Waals surface area contributed by atoms with Crippen molar-refractivity contribution in [1.29, 1.82) is 0 Å². The van der Waals surface area contributed by atoms with Gasteiger partial charge in [-0.25, -0.2) is 0 Å². The summed E-state index contributed by atoms with van der Waals surface area (Å²) in [5.41, 5.74) is 2.95. The Bertz CT molecular complexity index is 1160. The molecule has 3 aromatic heterocycles. The maximum atomic E-state index is 12.1. The van der Waals surface area contributed by atoms with Gasteiger partial charge in [0.05, 0.1) is 21.4 Å². The molecule has 0 unspecified atom stereocenters. The minimum absolute atomic E-state index is 0.0616. The van der Waals surface area contributed by atoms with Gasteiger partial charge in [-0.15, -0.1) is 0 Å². The molecule has 0 atom stereocenters. The predicted octanol–water partition coefficient (Wildman–Crippen LogP) is 4.11. The highest BCUT2D eigenvalue weighted by molar-refractivity contribution is 6.37. The Morgan fingerprint density at radius 2 is 1.96 bits per heavy atom. The van der Waals surface area contributed by atoms with Crippen molar-refractivity contribution < 1.29 is 9.53 Å². The largest absolute Gasteiger partial charge is 0.424 e. The number of aryl methyl sites for hydroxylation is 1. The van der Waals surface area contributed by atoms with Gasteiger partial charge >= 0.3 is 6.01 Å². The van der Waals surface area contributed by atoms with Crippen molar-refractivity contribution in [3.63, 3.8) is 0 Å². The maximum absolute atomic E-state index is 12.1. The molecule has 26 heavy (non-hydrogen) atoms. The quantitative estimate of drug-likeness (QED) is 0.545. The topological polar surface area (TPSA) is 93.7 Å². The number of hydrogen-bond acceptors (Lipinski definition) is 6. The Morgan fingerprint density at radius 1 is 1.19 bits per heavy atom. The van der Waals surface area contributed by atoms with Gasteiger partial charge in [0.25, 0.3) is 0 Å². The number of fused-ring (bicyclic) bond motifs is 2. The second-order valence-corrected chi connectivity index (χ2v) is 6.09. The zero-order chi connectivity index (χ0) is 18.3. The van der Waals surface area contributed by atoms with E-state index in [1.165, 1.54) is 6.92 Å². The number of aromatic amines is 1. The van der Waals surface area contributed by atoms with E-state index < -0.39 is 0 Å². The average molecular weight is 368 g/mol. The summed E-state index contributed by atoms with van der Waals surface area (Å²) in [4.78, 5) is 32.3. The molecule has 0 aliphatic heterocycles. The highest BCUT2D eigenvalue weighted by atomic mass is 35.5. The van der Waals surface area contributed by atoms with Gasteiger partial charge in [0.1, 0.15) is 17.1 Å². The minimum atomic E-state index is -0.213. The van der Waals surface area contributed by atoms with Gasteiger partial charge in [0.15, 0.2) is 5.78 Å². The molecule has 0 radical (unpaired) electrons. The second kappa shape index (κ2) is 6.34. The van der Waals surface area contributed by atoms with Crippen LogP contribution in [0.3, 0.4) is 0 Å². The number of ketones is 1. The van der Waals surface area contributed by atoms with Gasteiger partial charge in [-0.05, 0) is 18.6 Å². The number of H-pyrrole nitrogens is 1. The minimum Gasteiger partial charge on any atom is -0.424 e. The first-order valence-corrected chi connectivity index (χ1v) is 8.42. The molecule has 4 rings (SSSR count). The summed E-state index contributed by atoms with van der Waals surface area (Å²) in [7, 11) is 0. The van der Waals surface area contributed by atoms with E-state index >= 15 is 0 Å². The van der Waals surface area contributed by atoms with Gasteiger partial charge in [-0.3, -0.25) is 14.8 Å². The van der Waals surface area contributed by atoms with Crippen molar-refractivity contribution in [1.82, 2.24) is 24.9 Å². The molecule has 1 N–H and O–H groups in total. The molecule has 7 nitrogen and oxygen atoms in total. The van der Waals surface area contributed by atoms with Crippen molar-refractivity contribution in [2.45, 2.75) is 20.3 Å². The van der Waals surface area contributed by atoms with E-state index in [0.717, 1.165) is 11.2 Å². The van der Waals surface area contributed by atoms with Crippen LogP contribution in [0.5, 0.6) is 11.8 Å². The molecular formula is C18H14ClN5O2. The van der Waals surface area contributed by atoms with E-state index in [1.54, 1.807) is 30.6 Å². The summed E-state index contributed by atoms with van der Waals surface area (Å²) in [6, 6.07) is 5.34. The van der Waals surface area contributed by atoms with Crippen molar-refractivity contribution in [2.75, 3.05) is 0 Å². The smallest absolute Gasteiger partial charge is 0.324 e. The Morgan fingerprint density at radius 3 is 2.69 bits per heavy atom. The summed E-state index contributed by atoms with van der Waals surface area (Å²) in [6.07, 6.45) is 3.92. The van der Waals surface area contributed by atoms with Crippen LogP contribution < -0.4 is 4.74 Å². The fraction of sp³-hybridized carbons (Fsp3) is 0.167. The average Bonchev–Trinajstić information content (AvgIpc) is 2.96. The zero-order valence-electron chi connectivity index (χ0n) is 14.1. The van der Waals surface area contributed by atoms with Gasteiger partial charge in [0, 0.05) is 31.1 Å². The summed E-state index contributed by atoms with van der Waals surface area (Å²) < 4.78 is 5.76. The molecule has 0 spiro atoms. The van der Waals surface area contributed by atoms with Gasteiger partial charge in [-0.1, -0.05) is 18.5 Å². The Kier molecular flexibility index (Phi) is 4.00. The Hall–Kier alpha value is -3.06. The van der Waals surface area contributed by atoms with Crippen molar-refractivity contribution >= 4 is 39.5 Å². The van der Waals surface area contributed by atoms with Crippen molar-refractivity contribution in [2.24, 2.45) is 0 Å². The number of aromatic nitrogens is 5. The fourth-order valence-corrected chi connectivity index (χ4v) is 3.10. The molecule has 0 bridgehead atoms. The second-order valence-electron chi connectivity index (χ2n) is 5.71. The van der Waals surface area contributed by atoms with Gasteiger partial charge < -0.3 is 9.72 Å². The van der Waals surface area contributed by atoms with Gasteiger partial charge in [-0.2, -0.15) is 9.97 Å². The van der Waals surface area contributed by atoms with E-state index in [2.05, 4.69) is 24.9 Å². The molecule has 0 amide bonds. The third-order valence-corrected chi connectivity index (χ3v) is 4.40. The third kappa shape index (κ3) is 2.76. The molecule has 4 aromatic rings. The summed E-state index contributed by atoms with van der Waals surface area (Å²) in [5, 5.41) is 0.993. The number of nitrogens with one attached hydrogen (secondary N) is 1.